The average Bonchev–Trinajstić information content (AvgIpc) is 2.35. The van der Waals surface area contributed by atoms with E-state index in [2.05, 4.69) is 36.2 Å². The SMILES string of the molecule is CC(O)C(C)SCc1ccc2ncccc2c1. The van der Waals surface area contributed by atoms with Gasteiger partial charge in [0.05, 0.1) is 11.6 Å². The van der Waals surface area contributed by atoms with Gasteiger partial charge in [0.2, 0.25) is 0 Å². The van der Waals surface area contributed by atoms with Crippen molar-refractivity contribution in [1.29, 1.82) is 0 Å². The summed E-state index contributed by atoms with van der Waals surface area (Å²) in [5.74, 6) is 0.927. The van der Waals surface area contributed by atoms with Crippen molar-refractivity contribution < 1.29 is 5.11 Å². The van der Waals surface area contributed by atoms with E-state index < -0.39 is 0 Å². The van der Waals surface area contributed by atoms with Crippen LogP contribution in [-0.4, -0.2) is 21.4 Å². The van der Waals surface area contributed by atoms with E-state index in [9.17, 15) is 5.11 Å². The van der Waals surface area contributed by atoms with E-state index in [1.54, 1.807) is 11.8 Å². The first-order chi connectivity index (χ1) is 8.16. The normalized spacial score (nSPS) is 14.8. The van der Waals surface area contributed by atoms with Gasteiger partial charge in [-0.15, -0.1) is 0 Å². The molecule has 0 saturated heterocycles. The smallest absolute Gasteiger partial charge is 0.0702 e. The molecule has 0 amide bonds. The van der Waals surface area contributed by atoms with Gasteiger partial charge in [-0.2, -0.15) is 11.8 Å². The Balaban J connectivity index is 2.09. The molecule has 2 unspecified atom stereocenters. The van der Waals surface area contributed by atoms with Crippen LogP contribution in [0.2, 0.25) is 0 Å². The first kappa shape index (κ1) is 12.4. The van der Waals surface area contributed by atoms with Crippen LogP contribution in [0.1, 0.15) is 19.4 Å². The third kappa shape index (κ3) is 3.20. The highest BCUT2D eigenvalue weighted by molar-refractivity contribution is 7.99. The van der Waals surface area contributed by atoms with E-state index in [-0.39, 0.29) is 11.4 Å². The van der Waals surface area contributed by atoms with Crippen molar-refractivity contribution in [3.05, 3.63) is 42.1 Å². The van der Waals surface area contributed by atoms with Crippen LogP contribution in [0.25, 0.3) is 10.9 Å². The number of aromatic nitrogens is 1. The second-order valence-electron chi connectivity index (χ2n) is 4.29. The van der Waals surface area contributed by atoms with E-state index in [1.165, 1.54) is 10.9 Å². The Labute approximate surface area is 106 Å². The summed E-state index contributed by atoms with van der Waals surface area (Å²) in [7, 11) is 0. The molecule has 0 saturated carbocycles. The van der Waals surface area contributed by atoms with Crippen LogP contribution in [0.3, 0.4) is 0 Å². The third-order valence-electron chi connectivity index (χ3n) is 2.86. The molecule has 1 aromatic heterocycles. The van der Waals surface area contributed by atoms with Gasteiger partial charge in [-0.25, -0.2) is 0 Å². The Morgan fingerprint density at radius 3 is 2.88 bits per heavy atom. The standard InChI is InChI=1S/C14H17NOS/c1-10(16)11(2)17-9-12-5-6-14-13(8-12)4-3-7-15-14/h3-8,10-11,16H,9H2,1-2H3. The number of fused-ring (bicyclic) bond motifs is 1. The second kappa shape index (κ2) is 5.52. The molecule has 2 rings (SSSR count). The number of rotatable bonds is 4. The van der Waals surface area contributed by atoms with Crippen LogP contribution in [-0.2, 0) is 5.75 Å². The number of pyridine rings is 1. The molecule has 17 heavy (non-hydrogen) atoms. The zero-order valence-corrected chi connectivity index (χ0v) is 10.9. The lowest BCUT2D eigenvalue weighted by Crippen LogP contribution is -2.15. The number of benzene rings is 1. The maximum atomic E-state index is 9.44. The summed E-state index contributed by atoms with van der Waals surface area (Å²) in [6, 6.07) is 10.4. The Morgan fingerprint density at radius 2 is 2.12 bits per heavy atom. The third-order valence-corrected chi connectivity index (χ3v) is 4.28. The van der Waals surface area contributed by atoms with E-state index in [0.29, 0.717) is 0 Å². The fourth-order valence-electron chi connectivity index (χ4n) is 1.58. The van der Waals surface area contributed by atoms with Crippen molar-refractivity contribution in [2.75, 3.05) is 0 Å². The molecule has 1 N–H and O–H groups in total. The van der Waals surface area contributed by atoms with Crippen molar-refractivity contribution in [3.8, 4) is 0 Å². The van der Waals surface area contributed by atoms with Gasteiger partial charge in [0.1, 0.15) is 0 Å². The minimum Gasteiger partial charge on any atom is -0.392 e. The quantitative estimate of drug-likeness (QED) is 0.900. The molecule has 2 atom stereocenters. The summed E-state index contributed by atoms with van der Waals surface area (Å²) in [4.78, 5) is 4.30. The van der Waals surface area contributed by atoms with Gasteiger partial charge in [-0.1, -0.05) is 19.1 Å². The molecule has 0 bridgehead atoms. The van der Waals surface area contributed by atoms with Crippen molar-refractivity contribution in [3.63, 3.8) is 0 Å². The maximum Gasteiger partial charge on any atom is 0.0702 e. The molecule has 0 aliphatic rings. The zero-order valence-electron chi connectivity index (χ0n) is 10.1. The number of hydrogen-bond donors (Lipinski definition) is 1. The summed E-state index contributed by atoms with van der Waals surface area (Å²) in [5.41, 5.74) is 2.31. The minimum atomic E-state index is -0.262. The monoisotopic (exact) mass is 247 g/mol. The van der Waals surface area contributed by atoms with Gasteiger partial charge in [-0.3, -0.25) is 4.98 Å². The first-order valence-electron chi connectivity index (χ1n) is 5.80. The van der Waals surface area contributed by atoms with Gasteiger partial charge >= 0.3 is 0 Å². The average molecular weight is 247 g/mol. The zero-order chi connectivity index (χ0) is 12.3. The van der Waals surface area contributed by atoms with E-state index in [4.69, 9.17) is 0 Å². The molecule has 90 valence electrons. The first-order valence-corrected chi connectivity index (χ1v) is 6.85. The lowest BCUT2D eigenvalue weighted by atomic mass is 10.1. The lowest BCUT2D eigenvalue weighted by molar-refractivity contribution is 0.196. The molecule has 0 aliphatic carbocycles. The van der Waals surface area contributed by atoms with Crippen LogP contribution in [0.15, 0.2) is 36.5 Å². The number of aliphatic hydroxyl groups is 1. The predicted octanol–water partition coefficient (Wildman–Crippen LogP) is 3.24. The van der Waals surface area contributed by atoms with E-state index >= 15 is 0 Å². The molecule has 2 aromatic rings. The molecular formula is C14H17NOS. The fraction of sp³-hybridized carbons (Fsp3) is 0.357. The highest BCUT2D eigenvalue weighted by atomic mass is 32.2. The van der Waals surface area contributed by atoms with Crippen LogP contribution >= 0.6 is 11.8 Å². The molecule has 0 radical (unpaired) electrons. The van der Waals surface area contributed by atoms with Crippen LogP contribution in [0, 0.1) is 0 Å². The van der Waals surface area contributed by atoms with Crippen molar-refractivity contribution in [1.82, 2.24) is 4.98 Å². The van der Waals surface area contributed by atoms with Crippen LogP contribution < -0.4 is 0 Å². The van der Waals surface area contributed by atoms with Crippen molar-refractivity contribution in [2.45, 2.75) is 31.0 Å². The van der Waals surface area contributed by atoms with E-state index in [1.807, 2.05) is 19.2 Å². The van der Waals surface area contributed by atoms with Crippen molar-refractivity contribution in [2.24, 2.45) is 0 Å². The number of nitrogens with zero attached hydrogens (tertiary/aromatic N) is 1. The van der Waals surface area contributed by atoms with E-state index in [0.717, 1.165) is 11.3 Å². The number of thioether (sulfide) groups is 1. The van der Waals surface area contributed by atoms with Crippen LogP contribution in [0.5, 0.6) is 0 Å². The predicted molar refractivity (Wildman–Crippen MR) is 74.2 cm³/mol. The van der Waals surface area contributed by atoms with Crippen LogP contribution in [0.4, 0.5) is 0 Å². The topological polar surface area (TPSA) is 33.1 Å². The van der Waals surface area contributed by atoms with Gasteiger partial charge < -0.3 is 5.11 Å². The Kier molecular flexibility index (Phi) is 4.02. The molecule has 1 heterocycles. The molecule has 3 heteroatoms. The second-order valence-corrected chi connectivity index (χ2v) is 5.65. The largest absolute Gasteiger partial charge is 0.392 e. The van der Waals surface area contributed by atoms with Crippen molar-refractivity contribution >= 4 is 22.7 Å². The molecule has 0 fully saturated rings. The minimum absolute atomic E-state index is 0.262. The number of hydrogen-bond acceptors (Lipinski definition) is 3. The highest BCUT2D eigenvalue weighted by Crippen LogP contribution is 2.22. The summed E-state index contributed by atoms with van der Waals surface area (Å²) < 4.78 is 0. The molecular weight excluding hydrogens is 230 g/mol. The number of aliphatic hydroxyl groups excluding tert-OH is 1. The van der Waals surface area contributed by atoms with Gasteiger partial charge in [-0.05, 0) is 30.7 Å². The van der Waals surface area contributed by atoms with Gasteiger partial charge in [0.25, 0.3) is 0 Å². The molecule has 0 spiro atoms. The van der Waals surface area contributed by atoms with Gasteiger partial charge in [0, 0.05) is 22.6 Å². The molecule has 2 nitrogen and oxygen atoms in total. The lowest BCUT2D eigenvalue weighted by Gasteiger charge is -2.14. The molecule has 1 aromatic carbocycles. The molecule has 0 aliphatic heterocycles. The summed E-state index contributed by atoms with van der Waals surface area (Å²) >= 11 is 1.78. The summed E-state index contributed by atoms with van der Waals surface area (Å²) in [5, 5.41) is 10.9. The maximum absolute atomic E-state index is 9.44. The summed E-state index contributed by atoms with van der Waals surface area (Å²) in [6.45, 7) is 3.89. The highest BCUT2D eigenvalue weighted by Gasteiger charge is 2.09. The Bertz CT molecular complexity index is 498. The fourth-order valence-corrected chi connectivity index (χ4v) is 2.50. The Morgan fingerprint density at radius 1 is 1.29 bits per heavy atom. The Hall–Kier alpha value is -1.06. The van der Waals surface area contributed by atoms with Gasteiger partial charge in [0.15, 0.2) is 0 Å². The summed E-state index contributed by atoms with van der Waals surface area (Å²) in [6.07, 6.45) is 1.55.